The van der Waals surface area contributed by atoms with Gasteiger partial charge in [0, 0.05) is 24.5 Å². The van der Waals surface area contributed by atoms with E-state index in [2.05, 4.69) is 9.97 Å². The molecule has 2 rings (SSSR count). The van der Waals surface area contributed by atoms with Crippen LogP contribution in [-0.4, -0.2) is 22.9 Å². The fourth-order valence-electron chi connectivity index (χ4n) is 1.64. The number of methoxy groups -OCH3 is 1. The molecule has 0 unspecified atom stereocenters. The molecule has 0 aliphatic carbocycles. The molecule has 2 aromatic rings. The molecule has 0 aliphatic rings. The van der Waals surface area contributed by atoms with E-state index in [0.29, 0.717) is 5.69 Å². The van der Waals surface area contributed by atoms with Gasteiger partial charge in [0.1, 0.15) is 0 Å². The molecule has 5 heteroatoms. The number of carbonyl (C=O) groups is 1. The van der Waals surface area contributed by atoms with Crippen molar-refractivity contribution >= 4 is 11.5 Å². The molecule has 1 heterocycles. The highest BCUT2D eigenvalue weighted by Gasteiger charge is 2.15. The van der Waals surface area contributed by atoms with Crippen molar-refractivity contribution in [2.24, 2.45) is 0 Å². The normalized spacial score (nSPS) is 10.1. The topological polar surface area (TPSA) is 78.1 Å². The van der Waals surface area contributed by atoms with E-state index in [0.717, 1.165) is 5.56 Å². The predicted octanol–water partition coefficient (Wildman–Crippen LogP) is 1.49. The molecule has 18 heavy (non-hydrogen) atoms. The first-order chi connectivity index (χ1) is 8.70. The van der Waals surface area contributed by atoms with Crippen LogP contribution in [0.1, 0.15) is 16.1 Å². The number of aromatic nitrogens is 2. The number of hydrogen-bond acceptors (Lipinski definition) is 5. The standard InChI is InChI=1S/C13H13N3O2/c1-18-13-12(15-5-6-16-13)11(17)8-9-3-2-4-10(14)7-9/h2-7H,8,14H2,1H3. The predicted molar refractivity (Wildman–Crippen MR) is 67.5 cm³/mol. The number of nitrogens with zero attached hydrogens (tertiary/aromatic N) is 2. The molecule has 2 N–H and O–H groups in total. The van der Waals surface area contributed by atoms with Crippen molar-refractivity contribution in [1.82, 2.24) is 9.97 Å². The molecule has 1 aromatic carbocycles. The Morgan fingerprint density at radius 3 is 2.83 bits per heavy atom. The lowest BCUT2D eigenvalue weighted by Crippen LogP contribution is -2.09. The van der Waals surface area contributed by atoms with E-state index >= 15 is 0 Å². The third kappa shape index (κ3) is 2.63. The van der Waals surface area contributed by atoms with Crippen LogP contribution in [0.3, 0.4) is 0 Å². The zero-order valence-electron chi connectivity index (χ0n) is 9.96. The van der Waals surface area contributed by atoms with E-state index in [4.69, 9.17) is 10.5 Å². The van der Waals surface area contributed by atoms with Gasteiger partial charge in [0.25, 0.3) is 0 Å². The average molecular weight is 243 g/mol. The maximum Gasteiger partial charge on any atom is 0.243 e. The lowest BCUT2D eigenvalue weighted by atomic mass is 10.1. The summed E-state index contributed by atoms with van der Waals surface area (Å²) in [5.74, 6) is 0.0944. The number of ether oxygens (including phenoxy) is 1. The Hall–Kier alpha value is -2.43. The number of carbonyl (C=O) groups excluding carboxylic acids is 1. The van der Waals surface area contributed by atoms with Crippen molar-refractivity contribution in [2.45, 2.75) is 6.42 Å². The lowest BCUT2D eigenvalue weighted by molar-refractivity contribution is 0.0984. The van der Waals surface area contributed by atoms with Gasteiger partial charge in [0.2, 0.25) is 5.88 Å². The van der Waals surface area contributed by atoms with Gasteiger partial charge in [-0.15, -0.1) is 0 Å². The van der Waals surface area contributed by atoms with Gasteiger partial charge in [-0.25, -0.2) is 9.97 Å². The van der Waals surface area contributed by atoms with Crippen molar-refractivity contribution in [3.05, 3.63) is 47.9 Å². The molecular weight excluding hydrogens is 230 g/mol. The second-order valence-electron chi connectivity index (χ2n) is 3.76. The zero-order chi connectivity index (χ0) is 13.0. The molecule has 0 spiro atoms. The maximum atomic E-state index is 12.1. The second kappa shape index (κ2) is 5.27. The summed E-state index contributed by atoms with van der Waals surface area (Å²) in [6.45, 7) is 0. The summed E-state index contributed by atoms with van der Waals surface area (Å²) in [4.78, 5) is 20.0. The van der Waals surface area contributed by atoms with Gasteiger partial charge >= 0.3 is 0 Å². The monoisotopic (exact) mass is 243 g/mol. The van der Waals surface area contributed by atoms with Crippen LogP contribution in [-0.2, 0) is 6.42 Å². The van der Waals surface area contributed by atoms with E-state index in [1.54, 1.807) is 12.1 Å². The smallest absolute Gasteiger partial charge is 0.243 e. The Balaban J connectivity index is 2.22. The van der Waals surface area contributed by atoms with Gasteiger partial charge in [-0.2, -0.15) is 0 Å². The van der Waals surface area contributed by atoms with E-state index < -0.39 is 0 Å². The Labute approximate surface area is 105 Å². The highest BCUT2D eigenvalue weighted by molar-refractivity contribution is 5.97. The molecule has 0 aliphatic heterocycles. The lowest BCUT2D eigenvalue weighted by Gasteiger charge is -2.05. The number of nitrogen functional groups attached to an aromatic ring is 1. The summed E-state index contributed by atoms with van der Waals surface area (Å²) < 4.78 is 5.01. The average Bonchev–Trinajstić information content (AvgIpc) is 2.38. The Morgan fingerprint density at radius 1 is 1.33 bits per heavy atom. The fourth-order valence-corrected chi connectivity index (χ4v) is 1.64. The van der Waals surface area contributed by atoms with Crippen molar-refractivity contribution in [1.29, 1.82) is 0 Å². The molecule has 0 atom stereocenters. The number of rotatable bonds is 4. The summed E-state index contributed by atoms with van der Waals surface area (Å²) in [6.07, 6.45) is 3.17. The SMILES string of the molecule is COc1nccnc1C(=O)Cc1cccc(N)c1. The Bertz CT molecular complexity index is 570. The Morgan fingerprint density at radius 2 is 2.11 bits per heavy atom. The first kappa shape index (κ1) is 12.0. The van der Waals surface area contributed by atoms with Gasteiger partial charge in [-0.1, -0.05) is 12.1 Å². The van der Waals surface area contributed by atoms with Crippen LogP contribution in [0, 0.1) is 0 Å². The van der Waals surface area contributed by atoms with Crippen LogP contribution in [0.5, 0.6) is 5.88 Å². The minimum atomic E-state index is -0.148. The zero-order valence-corrected chi connectivity index (χ0v) is 9.96. The fraction of sp³-hybridized carbons (Fsp3) is 0.154. The number of Topliss-reactive ketones (excluding diaryl/α,β-unsaturated/α-hetero) is 1. The number of ketones is 1. The largest absolute Gasteiger partial charge is 0.479 e. The molecule has 1 aromatic heterocycles. The molecule has 0 radical (unpaired) electrons. The number of hydrogen-bond donors (Lipinski definition) is 1. The van der Waals surface area contributed by atoms with Crippen molar-refractivity contribution in [3.63, 3.8) is 0 Å². The number of anilines is 1. The minimum absolute atomic E-state index is 0.148. The molecule has 5 nitrogen and oxygen atoms in total. The van der Waals surface area contributed by atoms with E-state index in [-0.39, 0.29) is 23.8 Å². The molecular formula is C13H13N3O2. The van der Waals surface area contributed by atoms with Crippen LogP contribution in [0.4, 0.5) is 5.69 Å². The highest BCUT2D eigenvalue weighted by atomic mass is 16.5. The van der Waals surface area contributed by atoms with Crippen LogP contribution in [0.2, 0.25) is 0 Å². The van der Waals surface area contributed by atoms with Crippen molar-refractivity contribution in [2.75, 3.05) is 12.8 Å². The van der Waals surface area contributed by atoms with Crippen molar-refractivity contribution < 1.29 is 9.53 Å². The molecule has 0 saturated carbocycles. The summed E-state index contributed by atoms with van der Waals surface area (Å²) in [6, 6.07) is 7.20. The first-order valence-corrected chi connectivity index (χ1v) is 5.43. The van der Waals surface area contributed by atoms with Crippen LogP contribution >= 0.6 is 0 Å². The molecule has 0 amide bonds. The van der Waals surface area contributed by atoms with Gasteiger partial charge in [0.15, 0.2) is 11.5 Å². The summed E-state index contributed by atoms with van der Waals surface area (Å²) >= 11 is 0. The molecule has 0 saturated heterocycles. The third-order valence-electron chi connectivity index (χ3n) is 2.44. The maximum absolute atomic E-state index is 12.1. The van der Waals surface area contributed by atoms with Gasteiger partial charge in [0.05, 0.1) is 7.11 Å². The quantitative estimate of drug-likeness (QED) is 0.650. The second-order valence-corrected chi connectivity index (χ2v) is 3.76. The van der Waals surface area contributed by atoms with Gasteiger partial charge in [-0.05, 0) is 17.7 Å². The first-order valence-electron chi connectivity index (χ1n) is 5.43. The van der Waals surface area contributed by atoms with Gasteiger partial charge in [-0.3, -0.25) is 4.79 Å². The Kier molecular flexibility index (Phi) is 3.52. The van der Waals surface area contributed by atoms with E-state index in [9.17, 15) is 4.79 Å². The van der Waals surface area contributed by atoms with Crippen molar-refractivity contribution in [3.8, 4) is 5.88 Å². The minimum Gasteiger partial charge on any atom is -0.479 e. The van der Waals surface area contributed by atoms with Crippen LogP contribution in [0.25, 0.3) is 0 Å². The molecule has 0 bridgehead atoms. The number of benzene rings is 1. The van der Waals surface area contributed by atoms with Gasteiger partial charge < -0.3 is 10.5 Å². The van der Waals surface area contributed by atoms with E-state index in [1.807, 2.05) is 12.1 Å². The van der Waals surface area contributed by atoms with Crippen LogP contribution < -0.4 is 10.5 Å². The molecule has 0 fully saturated rings. The summed E-state index contributed by atoms with van der Waals surface area (Å²) in [5, 5.41) is 0. The number of nitrogens with two attached hydrogens (primary N) is 1. The third-order valence-corrected chi connectivity index (χ3v) is 2.44. The summed E-state index contributed by atoms with van der Waals surface area (Å²) in [7, 11) is 1.46. The van der Waals surface area contributed by atoms with E-state index in [1.165, 1.54) is 19.5 Å². The summed E-state index contributed by atoms with van der Waals surface area (Å²) in [5.41, 5.74) is 7.37. The molecule has 92 valence electrons. The van der Waals surface area contributed by atoms with Crippen LogP contribution in [0.15, 0.2) is 36.7 Å². The highest BCUT2D eigenvalue weighted by Crippen LogP contribution is 2.15.